The van der Waals surface area contributed by atoms with E-state index in [0.717, 1.165) is 10.5 Å². The van der Waals surface area contributed by atoms with Gasteiger partial charge in [0.05, 0.1) is 12.5 Å². The molecular weight excluding hydrogens is 442 g/mol. The summed E-state index contributed by atoms with van der Waals surface area (Å²) in [6.07, 6.45) is 0.682. The Labute approximate surface area is 191 Å². The standard InChI is InChI=1S/C20H27N5O6.ClH/c1-12(18(22)29)17-20(31)24(11-16(27)28)8-9-25(17)15(26)10-23-19(30)14-4-2-13(3-5-14)6-7-21;/h2-5,12,17H,6-11,21H2,1H3,(H2,22,29)(H,23,30)(H,27,28);1H/t12?,17-;/m0./s1. The summed E-state index contributed by atoms with van der Waals surface area (Å²) in [5.41, 5.74) is 12.2. The molecule has 32 heavy (non-hydrogen) atoms. The molecule has 0 bridgehead atoms. The minimum absolute atomic E-state index is 0. The van der Waals surface area contributed by atoms with E-state index in [1.54, 1.807) is 24.3 Å². The number of primary amides is 1. The van der Waals surface area contributed by atoms with Gasteiger partial charge >= 0.3 is 5.97 Å². The molecule has 1 aromatic carbocycles. The first-order valence-corrected chi connectivity index (χ1v) is 9.82. The smallest absolute Gasteiger partial charge is 0.323 e. The van der Waals surface area contributed by atoms with Gasteiger partial charge < -0.3 is 31.7 Å². The fourth-order valence-corrected chi connectivity index (χ4v) is 3.39. The van der Waals surface area contributed by atoms with Gasteiger partial charge in [-0.05, 0) is 30.7 Å². The summed E-state index contributed by atoms with van der Waals surface area (Å²) in [5.74, 6) is -4.75. The molecule has 6 N–H and O–H groups in total. The van der Waals surface area contributed by atoms with Crippen molar-refractivity contribution in [3.8, 4) is 0 Å². The third kappa shape index (κ3) is 6.66. The third-order valence-corrected chi connectivity index (χ3v) is 5.13. The average Bonchev–Trinajstić information content (AvgIpc) is 2.73. The zero-order valence-electron chi connectivity index (χ0n) is 17.7. The van der Waals surface area contributed by atoms with Gasteiger partial charge in [0.15, 0.2) is 0 Å². The van der Waals surface area contributed by atoms with E-state index in [0.29, 0.717) is 18.5 Å². The monoisotopic (exact) mass is 469 g/mol. The van der Waals surface area contributed by atoms with Crippen molar-refractivity contribution in [3.05, 3.63) is 35.4 Å². The highest BCUT2D eigenvalue weighted by molar-refractivity contribution is 5.98. The van der Waals surface area contributed by atoms with Crippen LogP contribution in [0.15, 0.2) is 24.3 Å². The molecule has 2 rings (SSSR count). The summed E-state index contributed by atoms with van der Waals surface area (Å²) in [7, 11) is 0. The third-order valence-electron chi connectivity index (χ3n) is 5.13. The number of hydrogen-bond donors (Lipinski definition) is 4. The van der Waals surface area contributed by atoms with Gasteiger partial charge in [-0.25, -0.2) is 0 Å². The fourth-order valence-electron chi connectivity index (χ4n) is 3.39. The predicted octanol–water partition coefficient (Wildman–Crippen LogP) is -1.42. The Morgan fingerprint density at radius 2 is 1.81 bits per heavy atom. The van der Waals surface area contributed by atoms with E-state index in [1.807, 2.05) is 0 Å². The summed E-state index contributed by atoms with van der Waals surface area (Å²) in [5, 5.41) is 11.5. The van der Waals surface area contributed by atoms with Crippen LogP contribution in [0.25, 0.3) is 0 Å². The van der Waals surface area contributed by atoms with Crippen molar-refractivity contribution in [2.24, 2.45) is 17.4 Å². The van der Waals surface area contributed by atoms with Gasteiger partial charge in [0.2, 0.25) is 17.7 Å². The quantitative estimate of drug-likeness (QED) is 0.343. The second-order valence-electron chi connectivity index (χ2n) is 7.29. The van der Waals surface area contributed by atoms with Crippen molar-refractivity contribution in [1.82, 2.24) is 15.1 Å². The first kappa shape index (κ1) is 26.9. The Kier molecular flexibility index (Phi) is 10.1. The Morgan fingerprint density at radius 3 is 2.34 bits per heavy atom. The van der Waals surface area contributed by atoms with Crippen molar-refractivity contribution >= 4 is 42.0 Å². The maximum atomic E-state index is 12.7. The highest BCUT2D eigenvalue weighted by atomic mass is 35.5. The predicted molar refractivity (Wildman–Crippen MR) is 117 cm³/mol. The number of aliphatic carboxylic acids is 1. The average molecular weight is 470 g/mol. The lowest BCUT2D eigenvalue weighted by atomic mass is 9.95. The summed E-state index contributed by atoms with van der Waals surface area (Å²) in [4.78, 5) is 62.7. The van der Waals surface area contributed by atoms with Crippen LogP contribution in [0.2, 0.25) is 0 Å². The van der Waals surface area contributed by atoms with Gasteiger partial charge in [-0.1, -0.05) is 19.1 Å². The molecule has 0 saturated carbocycles. The minimum Gasteiger partial charge on any atom is -0.480 e. The minimum atomic E-state index is -1.23. The number of carbonyl (C=O) groups is 5. The Morgan fingerprint density at radius 1 is 1.19 bits per heavy atom. The van der Waals surface area contributed by atoms with Gasteiger partial charge in [0, 0.05) is 18.7 Å². The molecular formula is C20H28ClN5O6. The van der Waals surface area contributed by atoms with Gasteiger partial charge in [-0.3, -0.25) is 24.0 Å². The van der Waals surface area contributed by atoms with Crippen LogP contribution in [-0.4, -0.2) is 83.3 Å². The topological polar surface area (TPSA) is 176 Å². The molecule has 1 unspecified atom stereocenters. The molecule has 1 saturated heterocycles. The largest absolute Gasteiger partial charge is 0.480 e. The second kappa shape index (κ2) is 12.0. The number of rotatable bonds is 9. The van der Waals surface area contributed by atoms with E-state index in [9.17, 15) is 24.0 Å². The molecule has 0 aliphatic carbocycles. The van der Waals surface area contributed by atoms with E-state index in [1.165, 1.54) is 11.8 Å². The van der Waals surface area contributed by atoms with Crippen LogP contribution in [0, 0.1) is 5.92 Å². The van der Waals surface area contributed by atoms with Crippen LogP contribution < -0.4 is 16.8 Å². The van der Waals surface area contributed by atoms with E-state index in [-0.39, 0.29) is 25.5 Å². The number of hydrogen-bond acceptors (Lipinski definition) is 6. The van der Waals surface area contributed by atoms with Crippen LogP contribution in [0.5, 0.6) is 0 Å². The second-order valence-corrected chi connectivity index (χ2v) is 7.29. The molecule has 0 spiro atoms. The summed E-state index contributed by atoms with van der Waals surface area (Å²) in [6, 6.07) is 5.56. The molecule has 1 aliphatic heterocycles. The highest BCUT2D eigenvalue weighted by Crippen LogP contribution is 2.19. The van der Waals surface area contributed by atoms with E-state index in [2.05, 4.69) is 5.32 Å². The first-order chi connectivity index (χ1) is 14.6. The molecule has 176 valence electrons. The lowest BCUT2D eigenvalue weighted by molar-refractivity contribution is -0.158. The molecule has 1 heterocycles. The SMILES string of the molecule is CC(C(N)=O)[C@H]1C(=O)N(CC(=O)O)CCN1C(=O)CNC(=O)c1ccc(CCN)cc1.Cl. The molecule has 1 aliphatic rings. The van der Waals surface area contributed by atoms with E-state index in [4.69, 9.17) is 16.6 Å². The zero-order valence-corrected chi connectivity index (χ0v) is 18.5. The van der Waals surface area contributed by atoms with Crippen molar-refractivity contribution in [2.45, 2.75) is 19.4 Å². The normalized spacial score (nSPS) is 16.7. The molecule has 1 fully saturated rings. The molecule has 0 aromatic heterocycles. The van der Waals surface area contributed by atoms with Crippen molar-refractivity contribution in [3.63, 3.8) is 0 Å². The molecule has 11 nitrogen and oxygen atoms in total. The number of nitrogens with one attached hydrogen (secondary N) is 1. The van der Waals surface area contributed by atoms with Crippen molar-refractivity contribution in [1.29, 1.82) is 0 Å². The zero-order chi connectivity index (χ0) is 23.1. The Hall–Kier alpha value is -3.18. The van der Waals surface area contributed by atoms with Gasteiger partial charge in [-0.2, -0.15) is 0 Å². The number of carbonyl (C=O) groups excluding carboxylic acids is 4. The van der Waals surface area contributed by atoms with Crippen LogP contribution in [0.3, 0.4) is 0 Å². The summed E-state index contributed by atoms with van der Waals surface area (Å²) in [6.45, 7) is 0.969. The van der Waals surface area contributed by atoms with Gasteiger partial charge in [-0.15, -0.1) is 12.4 Å². The van der Waals surface area contributed by atoms with Crippen LogP contribution in [0.1, 0.15) is 22.8 Å². The van der Waals surface area contributed by atoms with Crippen molar-refractivity contribution in [2.75, 3.05) is 32.7 Å². The van der Waals surface area contributed by atoms with E-state index >= 15 is 0 Å². The van der Waals surface area contributed by atoms with Crippen LogP contribution >= 0.6 is 12.4 Å². The van der Waals surface area contributed by atoms with Gasteiger partial charge in [0.25, 0.3) is 5.91 Å². The summed E-state index contributed by atoms with van der Waals surface area (Å²) >= 11 is 0. The number of carboxylic acid groups (broad SMARTS) is 1. The molecule has 2 atom stereocenters. The number of nitrogens with zero attached hydrogens (tertiary/aromatic N) is 2. The number of piperazine rings is 1. The maximum Gasteiger partial charge on any atom is 0.323 e. The number of amides is 4. The number of halogens is 1. The number of carboxylic acids is 1. The molecule has 0 radical (unpaired) electrons. The maximum absolute atomic E-state index is 12.7. The lowest BCUT2D eigenvalue weighted by Gasteiger charge is -2.41. The number of benzene rings is 1. The van der Waals surface area contributed by atoms with E-state index < -0.39 is 54.6 Å². The Balaban J connectivity index is 0.00000512. The molecule has 1 aromatic rings. The Bertz CT molecular complexity index is 863. The molecule has 4 amide bonds. The lowest BCUT2D eigenvalue weighted by Crippen LogP contribution is -2.64. The van der Waals surface area contributed by atoms with Crippen LogP contribution in [0.4, 0.5) is 0 Å². The molecule has 12 heteroatoms. The summed E-state index contributed by atoms with van der Waals surface area (Å²) < 4.78 is 0. The fraction of sp³-hybridized carbons (Fsp3) is 0.450. The number of nitrogens with two attached hydrogens (primary N) is 2. The first-order valence-electron chi connectivity index (χ1n) is 9.82. The van der Waals surface area contributed by atoms with Crippen LogP contribution in [-0.2, 0) is 25.6 Å². The van der Waals surface area contributed by atoms with Crippen molar-refractivity contribution < 1.29 is 29.1 Å². The highest BCUT2D eigenvalue weighted by Gasteiger charge is 2.42. The van der Waals surface area contributed by atoms with Gasteiger partial charge in [0.1, 0.15) is 12.6 Å².